The molecule has 1 aromatic heterocycles. The van der Waals surface area contributed by atoms with Crippen molar-refractivity contribution in [2.24, 2.45) is 0 Å². The summed E-state index contributed by atoms with van der Waals surface area (Å²) in [5.74, 6) is 0.0982. The molecule has 0 aliphatic heterocycles. The van der Waals surface area contributed by atoms with Gasteiger partial charge in [0, 0.05) is 6.54 Å². The molecule has 1 aromatic carbocycles. The minimum atomic E-state index is -0.327. The lowest BCUT2D eigenvalue weighted by Gasteiger charge is -2.04. The Balaban J connectivity index is 1.69. The van der Waals surface area contributed by atoms with Gasteiger partial charge < -0.3 is 5.32 Å². The molecule has 1 amide bonds. The summed E-state index contributed by atoms with van der Waals surface area (Å²) in [7, 11) is 0. The largest absolute Gasteiger partial charge is 0.355 e. The third-order valence-corrected chi connectivity index (χ3v) is 3.34. The normalized spacial score (nSPS) is 10.2. The SMILES string of the molecule is O=C(CSc1nncc(=O)[nH]1)NCCc1ccccc1. The van der Waals surface area contributed by atoms with Gasteiger partial charge in [0.25, 0.3) is 5.56 Å². The van der Waals surface area contributed by atoms with E-state index in [-0.39, 0.29) is 17.2 Å². The van der Waals surface area contributed by atoms with Crippen LogP contribution < -0.4 is 10.9 Å². The van der Waals surface area contributed by atoms with Crippen molar-refractivity contribution in [1.29, 1.82) is 0 Å². The van der Waals surface area contributed by atoms with Gasteiger partial charge in [0.2, 0.25) is 5.91 Å². The zero-order valence-corrected chi connectivity index (χ0v) is 11.5. The molecule has 2 N–H and O–H groups in total. The maximum atomic E-state index is 11.6. The number of hydrogen-bond acceptors (Lipinski definition) is 5. The van der Waals surface area contributed by atoms with Crippen LogP contribution in [0.1, 0.15) is 5.56 Å². The number of hydrogen-bond donors (Lipinski definition) is 2. The zero-order valence-electron chi connectivity index (χ0n) is 10.7. The Hall–Kier alpha value is -2.15. The second kappa shape index (κ2) is 7.44. The van der Waals surface area contributed by atoms with Crippen molar-refractivity contribution >= 4 is 17.7 Å². The van der Waals surface area contributed by atoms with Gasteiger partial charge >= 0.3 is 0 Å². The lowest BCUT2D eigenvalue weighted by atomic mass is 10.1. The Morgan fingerprint density at radius 3 is 2.85 bits per heavy atom. The first-order valence-corrected chi connectivity index (χ1v) is 7.08. The fourth-order valence-corrected chi connectivity index (χ4v) is 2.18. The molecule has 7 heteroatoms. The monoisotopic (exact) mass is 290 g/mol. The lowest BCUT2D eigenvalue weighted by molar-refractivity contribution is -0.118. The van der Waals surface area contributed by atoms with Crippen LogP contribution >= 0.6 is 11.8 Å². The van der Waals surface area contributed by atoms with Crippen molar-refractivity contribution in [2.75, 3.05) is 12.3 Å². The van der Waals surface area contributed by atoms with Gasteiger partial charge in [-0.05, 0) is 12.0 Å². The van der Waals surface area contributed by atoms with Crippen LogP contribution in [0.4, 0.5) is 0 Å². The molecule has 0 spiro atoms. The smallest absolute Gasteiger partial charge is 0.270 e. The van der Waals surface area contributed by atoms with Gasteiger partial charge in [-0.2, -0.15) is 5.10 Å². The highest BCUT2D eigenvalue weighted by Gasteiger charge is 2.04. The van der Waals surface area contributed by atoms with Gasteiger partial charge in [-0.25, -0.2) is 0 Å². The molecule has 0 fully saturated rings. The molecule has 2 aromatic rings. The highest BCUT2D eigenvalue weighted by atomic mass is 32.2. The Labute approximate surface area is 120 Å². The molecule has 2 rings (SSSR count). The molecule has 0 saturated heterocycles. The van der Waals surface area contributed by atoms with Crippen LogP contribution in [0.2, 0.25) is 0 Å². The molecular weight excluding hydrogens is 276 g/mol. The topological polar surface area (TPSA) is 87.7 Å². The number of carbonyl (C=O) groups excluding carboxylic acids is 1. The van der Waals surface area contributed by atoms with Gasteiger partial charge in [-0.3, -0.25) is 14.6 Å². The van der Waals surface area contributed by atoms with E-state index in [0.717, 1.165) is 24.4 Å². The van der Waals surface area contributed by atoms with Gasteiger partial charge in [0.15, 0.2) is 5.16 Å². The van der Waals surface area contributed by atoms with Crippen molar-refractivity contribution in [2.45, 2.75) is 11.6 Å². The number of nitrogens with zero attached hydrogens (tertiary/aromatic N) is 2. The van der Waals surface area contributed by atoms with E-state index >= 15 is 0 Å². The van der Waals surface area contributed by atoms with Crippen molar-refractivity contribution < 1.29 is 4.79 Å². The van der Waals surface area contributed by atoms with Crippen LogP contribution in [0.15, 0.2) is 46.5 Å². The Morgan fingerprint density at radius 2 is 2.10 bits per heavy atom. The molecule has 0 atom stereocenters. The Bertz CT molecular complexity index is 615. The maximum Gasteiger partial charge on any atom is 0.270 e. The molecule has 0 aliphatic rings. The zero-order chi connectivity index (χ0) is 14.2. The molecule has 0 unspecified atom stereocenters. The fourth-order valence-electron chi connectivity index (χ4n) is 1.54. The van der Waals surface area contributed by atoms with Crippen LogP contribution in [0.5, 0.6) is 0 Å². The predicted molar refractivity (Wildman–Crippen MR) is 76.5 cm³/mol. The number of nitrogens with one attached hydrogen (secondary N) is 2. The van der Waals surface area contributed by atoms with Crippen LogP contribution in [-0.4, -0.2) is 33.4 Å². The number of amides is 1. The summed E-state index contributed by atoms with van der Waals surface area (Å²) in [4.78, 5) is 25.1. The summed E-state index contributed by atoms with van der Waals surface area (Å²) in [5, 5.41) is 10.4. The second-order valence-electron chi connectivity index (χ2n) is 4.01. The summed E-state index contributed by atoms with van der Waals surface area (Å²) in [6, 6.07) is 9.94. The molecule has 6 nitrogen and oxygen atoms in total. The first-order chi connectivity index (χ1) is 9.74. The van der Waals surface area contributed by atoms with Gasteiger partial charge in [0.1, 0.15) is 6.20 Å². The Kier molecular flexibility index (Phi) is 5.31. The minimum absolute atomic E-state index is 0.0996. The van der Waals surface area contributed by atoms with E-state index in [2.05, 4.69) is 20.5 Å². The number of carbonyl (C=O) groups is 1. The third kappa shape index (κ3) is 4.85. The van der Waals surface area contributed by atoms with E-state index in [4.69, 9.17) is 0 Å². The van der Waals surface area contributed by atoms with Crippen molar-refractivity contribution in [1.82, 2.24) is 20.5 Å². The van der Waals surface area contributed by atoms with E-state index in [1.807, 2.05) is 30.3 Å². The van der Waals surface area contributed by atoms with E-state index < -0.39 is 0 Å². The molecule has 0 aliphatic carbocycles. The second-order valence-corrected chi connectivity index (χ2v) is 4.98. The van der Waals surface area contributed by atoms with Crippen LogP contribution in [0, 0.1) is 0 Å². The van der Waals surface area contributed by atoms with E-state index in [9.17, 15) is 9.59 Å². The number of benzene rings is 1. The average molecular weight is 290 g/mol. The standard InChI is InChI=1S/C13H14N4O2S/c18-11-8-15-17-13(16-11)20-9-12(19)14-7-6-10-4-2-1-3-5-10/h1-5,8H,6-7,9H2,(H,14,19)(H,16,17,18). The van der Waals surface area contributed by atoms with Crippen molar-refractivity contribution in [3.05, 3.63) is 52.4 Å². The number of aromatic nitrogens is 3. The number of aromatic amines is 1. The van der Waals surface area contributed by atoms with Gasteiger partial charge in [-0.15, -0.1) is 5.10 Å². The molecule has 20 heavy (non-hydrogen) atoms. The fraction of sp³-hybridized carbons (Fsp3) is 0.231. The molecular formula is C13H14N4O2S. The average Bonchev–Trinajstić information content (AvgIpc) is 2.46. The highest BCUT2D eigenvalue weighted by molar-refractivity contribution is 7.99. The van der Waals surface area contributed by atoms with Crippen LogP contribution in [0.25, 0.3) is 0 Å². The summed E-state index contributed by atoms with van der Waals surface area (Å²) < 4.78 is 0. The molecule has 1 heterocycles. The van der Waals surface area contributed by atoms with E-state index in [1.165, 1.54) is 5.56 Å². The predicted octanol–water partition coefficient (Wildman–Crippen LogP) is 0.616. The number of H-pyrrole nitrogens is 1. The van der Waals surface area contributed by atoms with Crippen molar-refractivity contribution in [3.63, 3.8) is 0 Å². The summed E-state index contributed by atoms with van der Waals surface area (Å²) >= 11 is 1.15. The van der Waals surface area contributed by atoms with Gasteiger partial charge in [-0.1, -0.05) is 42.1 Å². The van der Waals surface area contributed by atoms with Crippen LogP contribution in [-0.2, 0) is 11.2 Å². The summed E-state index contributed by atoms with van der Waals surface area (Å²) in [6.07, 6.45) is 1.88. The molecule has 104 valence electrons. The van der Waals surface area contributed by atoms with E-state index in [0.29, 0.717) is 11.7 Å². The first-order valence-electron chi connectivity index (χ1n) is 6.09. The number of rotatable bonds is 6. The highest BCUT2D eigenvalue weighted by Crippen LogP contribution is 2.08. The Morgan fingerprint density at radius 1 is 1.30 bits per heavy atom. The first kappa shape index (κ1) is 14.3. The lowest BCUT2D eigenvalue weighted by Crippen LogP contribution is -2.27. The summed E-state index contributed by atoms with van der Waals surface area (Å²) in [6.45, 7) is 0.584. The van der Waals surface area contributed by atoms with Crippen molar-refractivity contribution in [3.8, 4) is 0 Å². The van der Waals surface area contributed by atoms with E-state index in [1.54, 1.807) is 0 Å². The molecule has 0 saturated carbocycles. The van der Waals surface area contributed by atoms with Crippen LogP contribution in [0.3, 0.4) is 0 Å². The molecule has 0 bridgehead atoms. The minimum Gasteiger partial charge on any atom is -0.355 e. The molecule has 0 radical (unpaired) electrons. The maximum absolute atomic E-state index is 11.6. The third-order valence-electron chi connectivity index (χ3n) is 2.47. The van der Waals surface area contributed by atoms with Gasteiger partial charge in [0.05, 0.1) is 5.75 Å². The number of thioether (sulfide) groups is 1. The summed E-state index contributed by atoms with van der Waals surface area (Å²) in [5.41, 5.74) is 0.852. The quantitative estimate of drug-likeness (QED) is 0.761.